The van der Waals surface area contributed by atoms with E-state index >= 15 is 0 Å². The molecule has 0 saturated heterocycles. The van der Waals surface area contributed by atoms with E-state index in [0.29, 0.717) is 6.67 Å². The molecule has 154 valence electrons. The number of hydrogen-bond acceptors (Lipinski definition) is 3. The minimum Gasteiger partial charge on any atom is -0.315 e. The maximum atomic E-state index is 5.71. The average molecular weight is 420 g/mol. The van der Waals surface area contributed by atoms with E-state index in [0.717, 1.165) is 35.8 Å². The molecule has 7 heteroatoms. The van der Waals surface area contributed by atoms with Crippen molar-refractivity contribution < 1.29 is 4.90 Å². The summed E-state index contributed by atoms with van der Waals surface area (Å²) in [6.07, 6.45) is 4.80. The molecule has 2 aromatic carbocycles. The first-order valence-corrected chi connectivity index (χ1v) is 10.7. The molecule has 1 N–H and O–H groups in total. The molecule has 0 aliphatic rings. The van der Waals surface area contributed by atoms with E-state index in [1.807, 2.05) is 39.8 Å². The molecule has 0 radical (unpaired) electrons. The van der Waals surface area contributed by atoms with E-state index in [9.17, 15) is 0 Å². The summed E-state index contributed by atoms with van der Waals surface area (Å²) < 4.78 is 6.78. The van der Waals surface area contributed by atoms with Gasteiger partial charge in [0.2, 0.25) is 4.77 Å². The molecular formula is C23H27N6S+. The number of benzene rings is 2. The van der Waals surface area contributed by atoms with Crippen LogP contribution in [0.5, 0.6) is 0 Å². The van der Waals surface area contributed by atoms with Crippen molar-refractivity contribution in [1.29, 1.82) is 0 Å². The second-order valence-corrected chi connectivity index (χ2v) is 7.89. The summed E-state index contributed by atoms with van der Waals surface area (Å²) in [5.41, 5.74) is 3.49. The van der Waals surface area contributed by atoms with Gasteiger partial charge >= 0.3 is 0 Å². The highest BCUT2D eigenvalue weighted by Gasteiger charge is 2.14. The molecule has 1 atom stereocenters. The summed E-state index contributed by atoms with van der Waals surface area (Å²) in [6.45, 7) is 4.50. The van der Waals surface area contributed by atoms with E-state index in [1.165, 1.54) is 16.0 Å². The van der Waals surface area contributed by atoms with Crippen LogP contribution in [0.15, 0.2) is 73.1 Å². The first kappa shape index (κ1) is 20.3. The SMILES string of the molecule is CCn1c(Cc2ccccc2)nn(C[NH+](C)Cc2cnn(-c3ccccc3)c2)c1=S. The van der Waals surface area contributed by atoms with Gasteiger partial charge in [0, 0.05) is 24.7 Å². The molecule has 0 aliphatic heterocycles. The van der Waals surface area contributed by atoms with Crippen LogP contribution in [0.4, 0.5) is 0 Å². The summed E-state index contributed by atoms with van der Waals surface area (Å²) in [5.74, 6) is 1.01. The van der Waals surface area contributed by atoms with Gasteiger partial charge in [0.05, 0.1) is 18.9 Å². The van der Waals surface area contributed by atoms with Crippen LogP contribution in [0.1, 0.15) is 23.9 Å². The Morgan fingerprint density at radius 2 is 1.67 bits per heavy atom. The van der Waals surface area contributed by atoms with E-state index in [-0.39, 0.29) is 0 Å². The largest absolute Gasteiger partial charge is 0.315 e. The molecule has 0 saturated carbocycles. The molecule has 2 heterocycles. The van der Waals surface area contributed by atoms with E-state index in [1.54, 1.807) is 0 Å². The molecule has 30 heavy (non-hydrogen) atoms. The van der Waals surface area contributed by atoms with Gasteiger partial charge in [-0.1, -0.05) is 48.5 Å². The van der Waals surface area contributed by atoms with Crippen LogP contribution in [0.2, 0.25) is 0 Å². The van der Waals surface area contributed by atoms with Gasteiger partial charge in [-0.25, -0.2) is 4.68 Å². The smallest absolute Gasteiger partial charge is 0.202 e. The van der Waals surface area contributed by atoms with Crippen molar-refractivity contribution in [3.05, 3.63) is 94.8 Å². The minimum absolute atomic E-state index is 0.712. The third-order valence-electron chi connectivity index (χ3n) is 5.10. The first-order valence-electron chi connectivity index (χ1n) is 10.2. The summed E-state index contributed by atoms with van der Waals surface area (Å²) in [4.78, 5) is 1.30. The summed E-state index contributed by atoms with van der Waals surface area (Å²) in [7, 11) is 2.16. The highest BCUT2D eigenvalue weighted by Crippen LogP contribution is 2.10. The molecule has 6 nitrogen and oxygen atoms in total. The fourth-order valence-electron chi connectivity index (χ4n) is 3.65. The van der Waals surface area contributed by atoms with Crippen LogP contribution in [-0.2, 0) is 26.2 Å². The standard InChI is InChI=1S/C23H26N6S/c1-3-27-22(14-19-10-6-4-7-11-19)25-29(23(27)30)18-26(2)16-20-15-24-28(17-20)21-12-8-5-9-13-21/h4-13,15,17H,3,14,16,18H2,1-2H3/p+1. The highest BCUT2D eigenvalue weighted by molar-refractivity contribution is 7.71. The fourth-order valence-corrected chi connectivity index (χ4v) is 3.99. The van der Waals surface area contributed by atoms with Gasteiger partial charge in [-0.15, -0.1) is 0 Å². The van der Waals surface area contributed by atoms with Gasteiger partial charge in [-0.2, -0.15) is 14.9 Å². The average Bonchev–Trinajstić information content (AvgIpc) is 3.34. The number of hydrogen-bond donors (Lipinski definition) is 1. The Bertz CT molecular complexity index is 1140. The predicted octanol–water partition coefficient (Wildman–Crippen LogP) is 2.88. The number of nitrogens with zero attached hydrogens (tertiary/aromatic N) is 5. The van der Waals surface area contributed by atoms with Crippen molar-refractivity contribution in [1.82, 2.24) is 24.1 Å². The van der Waals surface area contributed by atoms with Gasteiger partial charge < -0.3 is 9.47 Å². The Balaban J connectivity index is 1.46. The van der Waals surface area contributed by atoms with Crippen LogP contribution >= 0.6 is 12.2 Å². The number of quaternary nitrogens is 1. The Hall–Kier alpha value is -3.03. The maximum Gasteiger partial charge on any atom is 0.202 e. The fraction of sp³-hybridized carbons (Fsp3) is 0.261. The molecule has 0 spiro atoms. The van der Waals surface area contributed by atoms with Gasteiger partial charge in [-0.3, -0.25) is 0 Å². The molecule has 0 fully saturated rings. The third-order valence-corrected chi connectivity index (χ3v) is 5.53. The molecule has 4 aromatic rings. The van der Waals surface area contributed by atoms with Crippen LogP contribution in [-0.4, -0.2) is 31.2 Å². The normalized spacial score (nSPS) is 12.2. The first-order chi connectivity index (χ1) is 14.6. The van der Waals surface area contributed by atoms with Gasteiger partial charge in [0.25, 0.3) is 0 Å². The second-order valence-electron chi connectivity index (χ2n) is 7.53. The Labute approximate surface area is 182 Å². The third kappa shape index (κ3) is 4.58. The monoisotopic (exact) mass is 419 g/mol. The van der Waals surface area contributed by atoms with Crippen molar-refractivity contribution in [3.63, 3.8) is 0 Å². The topological polar surface area (TPSA) is 45.0 Å². The molecule has 0 aliphatic carbocycles. The highest BCUT2D eigenvalue weighted by atomic mass is 32.1. The zero-order chi connectivity index (χ0) is 20.9. The number of para-hydroxylation sites is 1. The van der Waals surface area contributed by atoms with Crippen molar-refractivity contribution in [3.8, 4) is 5.69 Å². The Kier molecular flexibility index (Phi) is 6.21. The van der Waals surface area contributed by atoms with Crippen LogP contribution in [0.25, 0.3) is 5.69 Å². The zero-order valence-corrected chi connectivity index (χ0v) is 18.2. The molecule has 4 rings (SSSR count). The lowest BCUT2D eigenvalue weighted by molar-refractivity contribution is -0.917. The van der Waals surface area contributed by atoms with Crippen molar-refractivity contribution >= 4 is 12.2 Å². The number of rotatable bonds is 8. The predicted molar refractivity (Wildman–Crippen MR) is 120 cm³/mol. The maximum absolute atomic E-state index is 5.71. The number of nitrogens with one attached hydrogen (secondary N) is 1. The summed E-state index contributed by atoms with van der Waals surface area (Å²) >= 11 is 5.71. The summed E-state index contributed by atoms with van der Waals surface area (Å²) in [6, 6.07) is 20.6. The van der Waals surface area contributed by atoms with Gasteiger partial charge in [0.1, 0.15) is 12.4 Å². The van der Waals surface area contributed by atoms with Crippen LogP contribution < -0.4 is 4.90 Å². The lowest BCUT2D eigenvalue weighted by atomic mass is 10.1. The van der Waals surface area contributed by atoms with Crippen molar-refractivity contribution in [2.45, 2.75) is 33.1 Å². The van der Waals surface area contributed by atoms with Crippen LogP contribution in [0, 0.1) is 4.77 Å². The van der Waals surface area contributed by atoms with Gasteiger partial charge in [0.15, 0.2) is 6.67 Å². The molecule has 2 aromatic heterocycles. The molecule has 0 bridgehead atoms. The lowest BCUT2D eigenvalue weighted by Crippen LogP contribution is -3.07. The van der Waals surface area contributed by atoms with Crippen LogP contribution in [0.3, 0.4) is 0 Å². The lowest BCUT2D eigenvalue weighted by Gasteiger charge is -2.12. The Morgan fingerprint density at radius 3 is 2.37 bits per heavy atom. The second kappa shape index (κ2) is 9.19. The van der Waals surface area contributed by atoms with E-state index < -0.39 is 0 Å². The number of aromatic nitrogens is 5. The van der Waals surface area contributed by atoms with E-state index in [2.05, 4.69) is 66.2 Å². The Morgan fingerprint density at radius 1 is 0.967 bits per heavy atom. The molecule has 0 amide bonds. The quantitative estimate of drug-likeness (QED) is 0.447. The minimum atomic E-state index is 0.712. The van der Waals surface area contributed by atoms with E-state index in [4.69, 9.17) is 17.3 Å². The van der Waals surface area contributed by atoms with Crippen molar-refractivity contribution in [2.75, 3.05) is 7.05 Å². The summed E-state index contributed by atoms with van der Waals surface area (Å²) in [5, 5.41) is 9.34. The molecular weight excluding hydrogens is 392 g/mol. The molecule has 1 unspecified atom stereocenters. The zero-order valence-electron chi connectivity index (χ0n) is 17.4. The van der Waals surface area contributed by atoms with Crippen molar-refractivity contribution in [2.24, 2.45) is 0 Å². The van der Waals surface area contributed by atoms with Gasteiger partial charge in [-0.05, 0) is 36.8 Å².